The van der Waals surface area contributed by atoms with Crippen molar-refractivity contribution in [2.75, 3.05) is 6.61 Å². The van der Waals surface area contributed by atoms with Crippen molar-refractivity contribution in [2.45, 2.75) is 32.2 Å². The van der Waals surface area contributed by atoms with E-state index in [4.69, 9.17) is 23.2 Å². The Hall–Kier alpha value is -0.840. The summed E-state index contributed by atoms with van der Waals surface area (Å²) in [5, 5.41) is 12.0. The van der Waals surface area contributed by atoms with Crippen molar-refractivity contribution in [1.29, 1.82) is 0 Å². The van der Waals surface area contributed by atoms with E-state index < -0.39 is 17.3 Å². The van der Waals surface area contributed by atoms with Crippen LogP contribution < -0.4 is 5.32 Å². The monoisotopic (exact) mass is 307 g/mol. The summed E-state index contributed by atoms with van der Waals surface area (Å²) >= 11 is 11.5. The maximum atomic E-state index is 13.4. The van der Waals surface area contributed by atoms with E-state index in [0.717, 1.165) is 6.07 Å². The highest BCUT2D eigenvalue weighted by Gasteiger charge is 2.28. The highest BCUT2D eigenvalue weighted by Crippen LogP contribution is 2.25. The van der Waals surface area contributed by atoms with Gasteiger partial charge in [-0.1, -0.05) is 37.0 Å². The van der Waals surface area contributed by atoms with E-state index >= 15 is 0 Å². The summed E-state index contributed by atoms with van der Waals surface area (Å²) in [7, 11) is 0. The van der Waals surface area contributed by atoms with E-state index in [1.54, 1.807) is 0 Å². The summed E-state index contributed by atoms with van der Waals surface area (Å²) in [5.74, 6) is -1.24. The maximum absolute atomic E-state index is 13.4. The van der Waals surface area contributed by atoms with E-state index in [1.165, 1.54) is 6.07 Å². The van der Waals surface area contributed by atoms with Crippen LogP contribution in [-0.2, 0) is 0 Å². The zero-order chi connectivity index (χ0) is 14.6. The number of aliphatic hydroxyl groups excluding tert-OH is 1. The number of carbonyl (C=O) groups is 1. The van der Waals surface area contributed by atoms with Gasteiger partial charge in [0.2, 0.25) is 0 Å². The van der Waals surface area contributed by atoms with Gasteiger partial charge in [-0.2, -0.15) is 0 Å². The normalized spacial score (nSPS) is 11.5. The number of rotatable bonds is 5. The molecule has 1 rings (SSSR count). The summed E-state index contributed by atoms with van der Waals surface area (Å²) in [6.45, 7) is 3.51. The smallest absolute Gasteiger partial charge is 0.253 e. The first-order chi connectivity index (χ1) is 8.89. The Morgan fingerprint density at radius 3 is 2.37 bits per heavy atom. The first kappa shape index (κ1) is 16.2. The molecular weight excluding hydrogens is 292 g/mol. The van der Waals surface area contributed by atoms with E-state index in [0.29, 0.717) is 12.8 Å². The molecule has 106 valence electrons. The quantitative estimate of drug-likeness (QED) is 0.819. The molecule has 0 saturated heterocycles. The molecule has 0 atom stereocenters. The zero-order valence-corrected chi connectivity index (χ0v) is 12.3. The number of carbonyl (C=O) groups excluding carboxylic acids is 1. The van der Waals surface area contributed by atoms with Crippen molar-refractivity contribution in [1.82, 2.24) is 5.32 Å². The highest BCUT2D eigenvalue weighted by atomic mass is 35.5. The third-order valence-electron chi connectivity index (χ3n) is 3.29. The standard InChI is InChI=1S/C13H16Cl2FNO2/c1-3-13(4-2,7-18)17-12(19)8-5-11(16)10(15)6-9(8)14/h5-6,18H,3-4,7H2,1-2H3,(H,17,19). The Kier molecular flexibility index (Phi) is 5.59. The number of hydrogen-bond donors (Lipinski definition) is 2. The fourth-order valence-electron chi connectivity index (χ4n) is 1.69. The Bertz CT molecular complexity index is 468. The van der Waals surface area contributed by atoms with Crippen LogP contribution in [0, 0.1) is 5.82 Å². The van der Waals surface area contributed by atoms with Gasteiger partial charge in [-0.05, 0) is 25.0 Å². The molecule has 0 radical (unpaired) electrons. The minimum Gasteiger partial charge on any atom is -0.394 e. The molecular formula is C13H16Cl2FNO2. The number of benzene rings is 1. The van der Waals surface area contributed by atoms with Crippen molar-refractivity contribution in [3.8, 4) is 0 Å². The summed E-state index contributed by atoms with van der Waals surface area (Å²) in [6.07, 6.45) is 1.11. The van der Waals surface area contributed by atoms with Crippen LogP contribution in [0.1, 0.15) is 37.0 Å². The molecule has 2 N–H and O–H groups in total. The van der Waals surface area contributed by atoms with Gasteiger partial charge in [0.15, 0.2) is 0 Å². The topological polar surface area (TPSA) is 49.3 Å². The molecule has 0 heterocycles. The Balaban J connectivity index is 3.04. The number of aliphatic hydroxyl groups is 1. The number of hydrogen-bond acceptors (Lipinski definition) is 2. The molecule has 19 heavy (non-hydrogen) atoms. The van der Waals surface area contributed by atoms with Crippen molar-refractivity contribution >= 4 is 29.1 Å². The van der Waals surface area contributed by atoms with Crippen molar-refractivity contribution in [3.05, 3.63) is 33.6 Å². The van der Waals surface area contributed by atoms with Crippen molar-refractivity contribution < 1.29 is 14.3 Å². The van der Waals surface area contributed by atoms with E-state index in [-0.39, 0.29) is 22.2 Å². The van der Waals surface area contributed by atoms with Crippen LogP contribution in [0.5, 0.6) is 0 Å². The summed E-state index contributed by atoms with van der Waals surface area (Å²) < 4.78 is 13.4. The second kappa shape index (κ2) is 6.55. The van der Waals surface area contributed by atoms with Crippen molar-refractivity contribution in [3.63, 3.8) is 0 Å². The molecule has 1 amide bonds. The number of nitrogens with one attached hydrogen (secondary N) is 1. The lowest BCUT2D eigenvalue weighted by Gasteiger charge is -2.30. The molecule has 1 aromatic carbocycles. The van der Waals surface area contributed by atoms with Gasteiger partial charge in [-0.3, -0.25) is 4.79 Å². The average molecular weight is 308 g/mol. The second-order valence-electron chi connectivity index (χ2n) is 4.35. The molecule has 0 aromatic heterocycles. The number of amides is 1. The molecule has 0 aliphatic carbocycles. The summed E-state index contributed by atoms with van der Waals surface area (Å²) in [5.41, 5.74) is -0.723. The van der Waals surface area contributed by atoms with Gasteiger partial charge >= 0.3 is 0 Å². The lowest BCUT2D eigenvalue weighted by Crippen LogP contribution is -2.50. The van der Waals surface area contributed by atoms with Gasteiger partial charge in [0, 0.05) is 0 Å². The molecule has 0 saturated carbocycles. The van der Waals surface area contributed by atoms with Crippen LogP contribution in [0.3, 0.4) is 0 Å². The first-order valence-corrected chi connectivity index (χ1v) is 6.72. The van der Waals surface area contributed by atoms with Gasteiger partial charge in [0.25, 0.3) is 5.91 Å². The third kappa shape index (κ3) is 3.59. The summed E-state index contributed by atoms with van der Waals surface area (Å²) in [4.78, 5) is 12.1. The number of halogens is 3. The van der Waals surface area contributed by atoms with E-state index in [9.17, 15) is 14.3 Å². The Morgan fingerprint density at radius 1 is 1.32 bits per heavy atom. The van der Waals surface area contributed by atoms with Crippen LogP contribution >= 0.6 is 23.2 Å². The van der Waals surface area contributed by atoms with Gasteiger partial charge in [-0.25, -0.2) is 4.39 Å². The molecule has 6 heteroatoms. The van der Waals surface area contributed by atoms with E-state index in [2.05, 4.69) is 5.32 Å². The maximum Gasteiger partial charge on any atom is 0.253 e. The molecule has 0 fully saturated rings. The first-order valence-electron chi connectivity index (χ1n) is 5.97. The molecule has 0 unspecified atom stereocenters. The zero-order valence-electron chi connectivity index (χ0n) is 10.8. The van der Waals surface area contributed by atoms with Gasteiger partial charge in [-0.15, -0.1) is 0 Å². The van der Waals surface area contributed by atoms with Gasteiger partial charge < -0.3 is 10.4 Å². The largest absolute Gasteiger partial charge is 0.394 e. The molecule has 3 nitrogen and oxygen atoms in total. The van der Waals surface area contributed by atoms with Crippen LogP contribution in [0.2, 0.25) is 10.0 Å². The average Bonchev–Trinajstić information content (AvgIpc) is 2.40. The summed E-state index contributed by atoms with van der Waals surface area (Å²) in [6, 6.07) is 2.18. The predicted octanol–water partition coefficient (Wildman–Crippen LogP) is 3.41. The lowest BCUT2D eigenvalue weighted by atomic mass is 9.93. The minimum atomic E-state index is -0.726. The molecule has 0 aliphatic rings. The second-order valence-corrected chi connectivity index (χ2v) is 5.16. The van der Waals surface area contributed by atoms with Crippen molar-refractivity contribution in [2.24, 2.45) is 0 Å². The van der Waals surface area contributed by atoms with Crippen LogP contribution in [-0.4, -0.2) is 23.2 Å². The Morgan fingerprint density at radius 2 is 1.89 bits per heavy atom. The Labute approximate surface area is 121 Å². The van der Waals surface area contributed by atoms with Crippen LogP contribution in [0.4, 0.5) is 4.39 Å². The van der Waals surface area contributed by atoms with Gasteiger partial charge in [0.1, 0.15) is 5.82 Å². The SMILES string of the molecule is CCC(CC)(CO)NC(=O)c1cc(F)c(Cl)cc1Cl. The highest BCUT2D eigenvalue weighted by molar-refractivity contribution is 6.36. The molecule has 0 bridgehead atoms. The fourth-order valence-corrected chi connectivity index (χ4v) is 2.16. The fraction of sp³-hybridized carbons (Fsp3) is 0.462. The molecule has 0 aliphatic heterocycles. The molecule has 1 aromatic rings. The van der Waals surface area contributed by atoms with Crippen LogP contribution in [0.15, 0.2) is 12.1 Å². The predicted molar refractivity (Wildman–Crippen MR) is 74.3 cm³/mol. The van der Waals surface area contributed by atoms with E-state index in [1.807, 2.05) is 13.8 Å². The molecule has 0 spiro atoms. The minimum absolute atomic E-state index is 0.00305. The lowest BCUT2D eigenvalue weighted by molar-refractivity contribution is 0.0817. The third-order valence-corrected chi connectivity index (χ3v) is 3.89. The van der Waals surface area contributed by atoms with Crippen LogP contribution in [0.25, 0.3) is 0 Å². The van der Waals surface area contributed by atoms with Gasteiger partial charge in [0.05, 0.1) is 27.8 Å².